The van der Waals surface area contributed by atoms with Gasteiger partial charge in [-0.2, -0.15) is 0 Å². The third-order valence-corrected chi connectivity index (χ3v) is 3.25. The molecule has 1 aromatic rings. The van der Waals surface area contributed by atoms with Gasteiger partial charge in [0.25, 0.3) is 0 Å². The second-order valence-electron chi connectivity index (χ2n) is 4.12. The molecule has 6 heteroatoms. The third kappa shape index (κ3) is 2.82. The van der Waals surface area contributed by atoms with Crippen LogP contribution in [-0.4, -0.2) is 38.1 Å². The first-order valence-corrected chi connectivity index (χ1v) is 5.86. The van der Waals surface area contributed by atoms with Crippen molar-refractivity contribution in [1.29, 1.82) is 0 Å². The van der Waals surface area contributed by atoms with Gasteiger partial charge in [0, 0.05) is 36.8 Å². The van der Waals surface area contributed by atoms with Crippen LogP contribution in [0.1, 0.15) is 0 Å². The Morgan fingerprint density at radius 1 is 1.29 bits per heavy atom. The van der Waals surface area contributed by atoms with E-state index in [4.69, 9.17) is 17.1 Å². The van der Waals surface area contributed by atoms with Crippen LogP contribution in [0.15, 0.2) is 23.3 Å². The Morgan fingerprint density at radius 2 is 2.00 bits per heavy atom. The van der Waals surface area contributed by atoms with E-state index in [1.165, 1.54) is 0 Å². The van der Waals surface area contributed by atoms with E-state index in [1.54, 1.807) is 6.07 Å². The molecule has 90 valence electrons. The molecule has 5 nitrogen and oxygen atoms in total. The lowest BCUT2D eigenvalue weighted by Crippen LogP contribution is -2.44. The Morgan fingerprint density at radius 3 is 2.59 bits per heavy atom. The summed E-state index contributed by atoms with van der Waals surface area (Å²) in [6.45, 7) is 4.09. The van der Waals surface area contributed by atoms with Crippen molar-refractivity contribution in [2.24, 2.45) is 5.11 Å². The molecule has 0 unspecified atom stereocenters. The van der Waals surface area contributed by atoms with Crippen LogP contribution in [-0.2, 0) is 0 Å². The van der Waals surface area contributed by atoms with Gasteiger partial charge in [0.15, 0.2) is 0 Å². The number of azide groups is 1. The lowest BCUT2D eigenvalue weighted by Gasteiger charge is -2.34. The van der Waals surface area contributed by atoms with Gasteiger partial charge in [-0.3, -0.25) is 0 Å². The zero-order chi connectivity index (χ0) is 12.3. The van der Waals surface area contributed by atoms with Crippen LogP contribution in [0.3, 0.4) is 0 Å². The minimum atomic E-state index is 0.479. The Kier molecular flexibility index (Phi) is 3.74. The number of piperazine rings is 1. The first-order chi connectivity index (χ1) is 8.20. The molecule has 1 aliphatic heterocycles. The lowest BCUT2D eigenvalue weighted by molar-refractivity contribution is 0.313. The lowest BCUT2D eigenvalue weighted by atomic mass is 10.2. The molecule has 0 aromatic heterocycles. The fourth-order valence-corrected chi connectivity index (χ4v) is 2.10. The molecule has 0 radical (unpaired) electrons. The average molecular weight is 252 g/mol. The number of hydrogen-bond donors (Lipinski definition) is 0. The maximum absolute atomic E-state index is 8.38. The molecule has 0 saturated carbocycles. The predicted molar refractivity (Wildman–Crippen MR) is 70.0 cm³/mol. The molecule has 0 atom stereocenters. The van der Waals surface area contributed by atoms with Crippen molar-refractivity contribution >= 4 is 23.0 Å². The Bertz CT molecular complexity index is 447. The normalized spacial score (nSPS) is 16.7. The molecule has 1 fully saturated rings. The molecule has 1 aliphatic rings. The molecular formula is C11H14ClN5. The summed E-state index contributed by atoms with van der Waals surface area (Å²) in [7, 11) is 2.12. The van der Waals surface area contributed by atoms with E-state index in [0.29, 0.717) is 10.7 Å². The van der Waals surface area contributed by atoms with Gasteiger partial charge in [-0.05, 0) is 30.8 Å². The van der Waals surface area contributed by atoms with Crippen molar-refractivity contribution in [2.75, 3.05) is 38.1 Å². The summed E-state index contributed by atoms with van der Waals surface area (Å²) in [6, 6.07) is 5.56. The van der Waals surface area contributed by atoms with Crippen LogP contribution >= 0.6 is 11.6 Å². The Hall–Kier alpha value is -1.42. The molecule has 17 heavy (non-hydrogen) atoms. The zero-order valence-electron chi connectivity index (χ0n) is 9.67. The summed E-state index contributed by atoms with van der Waals surface area (Å²) in [6.07, 6.45) is 0. The third-order valence-electron chi connectivity index (χ3n) is 2.95. The van der Waals surface area contributed by atoms with Gasteiger partial charge in [0.1, 0.15) is 0 Å². The van der Waals surface area contributed by atoms with Crippen LogP contribution in [0.2, 0.25) is 5.02 Å². The quantitative estimate of drug-likeness (QED) is 0.461. The molecule has 0 spiro atoms. The van der Waals surface area contributed by atoms with E-state index in [9.17, 15) is 0 Å². The molecular weight excluding hydrogens is 238 g/mol. The van der Waals surface area contributed by atoms with Crippen molar-refractivity contribution < 1.29 is 0 Å². The minimum Gasteiger partial charge on any atom is -0.369 e. The van der Waals surface area contributed by atoms with Gasteiger partial charge >= 0.3 is 0 Å². The first kappa shape index (κ1) is 12.0. The van der Waals surface area contributed by atoms with E-state index < -0.39 is 0 Å². The molecule has 1 saturated heterocycles. The van der Waals surface area contributed by atoms with Crippen LogP contribution in [0.5, 0.6) is 0 Å². The van der Waals surface area contributed by atoms with E-state index in [2.05, 4.69) is 26.9 Å². The highest BCUT2D eigenvalue weighted by Gasteiger charge is 2.14. The predicted octanol–water partition coefficient (Wildman–Crippen LogP) is 3.03. The highest BCUT2D eigenvalue weighted by Crippen LogP contribution is 2.30. The number of anilines is 1. The average Bonchev–Trinajstić information content (AvgIpc) is 2.33. The number of benzene rings is 1. The zero-order valence-corrected chi connectivity index (χ0v) is 10.4. The molecule has 2 rings (SSSR count). The van der Waals surface area contributed by atoms with Gasteiger partial charge in [0.2, 0.25) is 0 Å². The maximum atomic E-state index is 8.38. The first-order valence-electron chi connectivity index (χ1n) is 5.49. The fraction of sp³-hybridized carbons (Fsp3) is 0.455. The van der Waals surface area contributed by atoms with Crippen molar-refractivity contribution in [1.82, 2.24) is 4.90 Å². The van der Waals surface area contributed by atoms with E-state index in [-0.39, 0.29) is 0 Å². The molecule has 0 aliphatic carbocycles. The number of rotatable bonds is 2. The summed E-state index contributed by atoms with van der Waals surface area (Å²) in [5.74, 6) is 0. The topological polar surface area (TPSA) is 55.2 Å². The van der Waals surface area contributed by atoms with Crippen LogP contribution in [0, 0.1) is 0 Å². The van der Waals surface area contributed by atoms with Gasteiger partial charge < -0.3 is 9.80 Å². The number of hydrogen-bond acceptors (Lipinski definition) is 3. The van der Waals surface area contributed by atoms with Crippen LogP contribution in [0.25, 0.3) is 10.4 Å². The smallest absolute Gasteiger partial charge is 0.0563 e. The SMILES string of the molecule is CN1CCN(c2ccc(N=[N+]=[N-])c(Cl)c2)CC1. The number of likely N-dealkylation sites (N-methyl/N-ethyl adjacent to an activating group) is 1. The van der Waals surface area contributed by atoms with Gasteiger partial charge in [-0.15, -0.1) is 0 Å². The van der Waals surface area contributed by atoms with Crippen molar-refractivity contribution in [3.05, 3.63) is 33.7 Å². The van der Waals surface area contributed by atoms with Crippen molar-refractivity contribution in [2.45, 2.75) is 0 Å². The highest BCUT2D eigenvalue weighted by atomic mass is 35.5. The second-order valence-corrected chi connectivity index (χ2v) is 4.52. The monoisotopic (exact) mass is 251 g/mol. The standard InChI is InChI=1S/C11H14ClN5/c1-16-4-6-17(7-5-16)9-2-3-11(14-15-13)10(12)8-9/h2-3,8H,4-7H2,1H3. The summed E-state index contributed by atoms with van der Waals surface area (Å²) in [4.78, 5) is 7.32. The van der Waals surface area contributed by atoms with Crippen LogP contribution in [0.4, 0.5) is 11.4 Å². The van der Waals surface area contributed by atoms with Gasteiger partial charge in [0.05, 0.1) is 10.7 Å². The summed E-state index contributed by atoms with van der Waals surface area (Å²) in [5.41, 5.74) is 9.94. The van der Waals surface area contributed by atoms with E-state index in [1.807, 2.05) is 12.1 Å². The summed E-state index contributed by atoms with van der Waals surface area (Å²) < 4.78 is 0. The molecule has 0 bridgehead atoms. The van der Waals surface area contributed by atoms with E-state index in [0.717, 1.165) is 31.9 Å². The molecule has 1 aromatic carbocycles. The Labute approximate surface area is 105 Å². The van der Waals surface area contributed by atoms with Crippen molar-refractivity contribution in [3.63, 3.8) is 0 Å². The highest BCUT2D eigenvalue weighted by molar-refractivity contribution is 6.33. The Balaban J connectivity index is 2.17. The summed E-state index contributed by atoms with van der Waals surface area (Å²) >= 11 is 6.05. The molecule has 1 heterocycles. The van der Waals surface area contributed by atoms with Gasteiger partial charge in [-0.25, -0.2) is 0 Å². The molecule has 0 amide bonds. The van der Waals surface area contributed by atoms with Crippen molar-refractivity contribution in [3.8, 4) is 0 Å². The minimum absolute atomic E-state index is 0.479. The molecule has 0 N–H and O–H groups in total. The largest absolute Gasteiger partial charge is 0.369 e. The van der Waals surface area contributed by atoms with Gasteiger partial charge in [-0.1, -0.05) is 16.7 Å². The van der Waals surface area contributed by atoms with Crippen LogP contribution < -0.4 is 4.90 Å². The second kappa shape index (κ2) is 5.27. The summed E-state index contributed by atoms with van der Waals surface area (Å²) in [5, 5.41) is 4.03. The number of halogens is 1. The fourth-order valence-electron chi connectivity index (χ4n) is 1.89. The van der Waals surface area contributed by atoms with E-state index >= 15 is 0 Å². The number of nitrogens with zero attached hydrogens (tertiary/aromatic N) is 5. The maximum Gasteiger partial charge on any atom is 0.0563 e.